The first kappa shape index (κ1) is 47.4. The third kappa shape index (κ3) is 22.9. The molecule has 2 heterocycles. The Morgan fingerprint density at radius 1 is 0.655 bits per heavy atom. The number of carboxylic acid groups (broad SMARTS) is 1. The van der Waals surface area contributed by atoms with Gasteiger partial charge in [0.1, 0.15) is 11.5 Å². The topological polar surface area (TPSA) is 162 Å². The van der Waals surface area contributed by atoms with Crippen LogP contribution in [0.25, 0.3) is 0 Å². The molecular weight excluding hydrogens is 734 g/mol. The molecule has 0 aliphatic rings. The summed E-state index contributed by atoms with van der Waals surface area (Å²) in [5.41, 5.74) is 5.21. The van der Waals surface area contributed by atoms with E-state index in [4.69, 9.17) is 25.1 Å². The van der Waals surface area contributed by atoms with Gasteiger partial charge in [0, 0.05) is 25.0 Å². The van der Waals surface area contributed by atoms with E-state index < -0.39 is 29.4 Å². The number of anilines is 1. The van der Waals surface area contributed by atoms with Crippen LogP contribution in [0.2, 0.25) is 0 Å². The van der Waals surface area contributed by atoms with E-state index in [1.54, 1.807) is 24.3 Å². The van der Waals surface area contributed by atoms with Gasteiger partial charge in [0.2, 0.25) is 0 Å². The van der Waals surface area contributed by atoms with Crippen LogP contribution < -0.4 is 15.2 Å². The van der Waals surface area contributed by atoms with E-state index in [9.17, 15) is 31.2 Å². The lowest BCUT2D eigenvalue weighted by atomic mass is 10.2. The van der Waals surface area contributed by atoms with Crippen molar-refractivity contribution in [2.75, 3.05) is 18.9 Å². The highest BCUT2D eigenvalue weighted by Crippen LogP contribution is 2.30. The lowest BCUT2D eigenvalue weighted by Crippen LogP contribution is -2.04. The predicted octanol–water partition coefficient (Wildman–Crippen LogP) is 12.3. The van der Waals surface area contributed by atoms with Crippen molar-refractivity contribution < 1.29 is 45.7 Å². The quantitative estimate of drug-likeness (QED) is 0.0396. The lowest BCUT2D eigenvalue weighted by molar-refractivity contribution is -0.138. The highest BCUT2D eigenvalue weighted by molar-refractivity contribution is 5.63. The van der Waals surface area contributed by atoms with Crippen molar-refractivity contribution in [2.24, 2.45) is 15.4 Å². The van der Waals surface area contributed by atoms with E-state index in [2.05, 4.69) is 39.2 Å². The van der Waals surface area contributed by atoms with Crippen LogP contribution in [0, 0.1) is 4.91 Å². The highest BCUT2D eigenvalue weighted by Gasteiger charge is 2.31. The number of alkyl halides is 6. The number of nitrogen functional groups attached to an aromatic ring is 1. The zero-order chi connectivity index (χ0) is 41.1. The molecule has 0 fully saturated rings. The first-order valence-corrected chi connectivity index (χ1v) is 17.3. The van der Waals surface area contributed by atoms with Crippen molar-refractivity contribution >= 4 is 29.0 Å². The smallest absolute Gasteiger partial charge is 0.417 e. The average molecular weight is 781 g/mol. The Bertz CT molecular complexity index is 1650. The zero-order valence-electron chi connectivity index (χ0n) is 30.8. The molecule has 0 aliphatic heterocycles. The van der Waals surface area contributed by atoms with Crippen LogP contribution in [-0.4, -0.2) is 34.3 Å². The Balaban J connectivity index is 0.000000425. The Labute approximate surface area is 316 Å². The number of carbonyl (C=O) groups is 1. The predicted molar refractivity (Wildman–Crippen MR) is 198 cm³/mol. The Morgan fingerprint density at radius 3 is 1.44 bits per heavy atom. The number of unbranched alkanes of at least 4 members (excludes halogenated alkanes) is 6. The fraction of sp³-hybridized carbons (Fsp3) is 0.395. The van der Waals surface area contributed by atoms with Gasteiger partial charge >= 0.3 is 12.4 Å². The highest BCUT2D eigenvalue weighted by atomic mass is 19.4. The SMILES string of the molecule is CC(=O)O.CCCCCCOc1ccc(N)cc1.CCCCCCOc1ccc(N=Nc2ccc(C(F)(F)F)cn2)cc1.O=Nc1ccc(C(F)(F)F)cn1. The van der Waals surface area contributed by atoms with Gasteiger partial charge in [-0.05, 0) is 90.8 Å². The molecule has 3 N–H and O–H groups in total. The maximum Gasteiger partial charge on any atom is 0.417 e. The number of aliphatic carboxylic acids is 1. The minimum absolute atomic E-state index is 0.115. The number of benzene rings is 2. The Hall–Kier alpha value is -5.61. The molecule has 0 saturated heterocycles. The number of hydrogen-bond acceptors (Lipinski definition) is 10. The summed E-state index contributed by atoms with van der Waals surface area (Å²) < 4.78 is 84.2. The number of nitrogens with two attached hydrogens (primary N) is 1. The van der Waals surface area contributed by atoms with Crippen molar-refractivity contribution in [3.05, 3.63) is 101 Å². The molecule has 0 amide bonds. The molecule has 0 atom stereocenters. The second-order valence-corrected chi connectivity index (χ2v) is 11.5. The second kappa shape index (κ2) is 26.2. The van der Waals surface area contributed by atoms with Gasteiger partial charge in [-0.3, -0.25) is 4.79 Å². The van der Waals surface area contributed by atoms with E-state index in [0.717, 1.165) is 74.4 Å². The zero-order valence-corrected chi connectivity index (χ0v) is 30.8. The van der Waals surface area contributed by atoms with Crippen LogP contribution in [0.4, 0.5) is 49.4 Å². The van der Waals surface area contributed by atoms with Gasteiger partial charge in [0.05, 0.1) is 30.0 Å². The summed E-state index contributed by atoms with van der Waals surface area (Å²) in [6, 6.07) is 18.4. The second-order valence-electron chi connectivity index (χ2n) is 11.5. The molecular formula is C38H46F6N6O5. The van der Waals surface area contributed by atoms with Gasteiger partial charge < -0.3 is 20.3 Å². The van der Waals surface area contributed by atoms with Gasteiger partial charge in [-0.15, -0.1) is 15.1 Å². The van der Waals surface area contributed by atoms with E-state index >= 15 is 0 Å². The molecule has 0 unspecified atom stereocenters. The molecule has 0 spiro atoms. The van der Waals surface area contributed by atoms with Gasteiger partial charge in [0.15, 0.2) is 11.6 Å². The summed E-state index contributed by atoms with van der Waals surface area (Å²) in [6.45, 7) is 6.94. The summed E-state index contributed by atoms with van der Waals surface area (Å²) in [6.07, 6.45) is 2.01. The number of aromatic nitrogens is 2. The average Bonchev–Trinajstić information content (AvgIpc) is 3.15. The first-order chi connectivity index (χ1) is 26.1. The maximum absolute atomic E-state index is 12.5. The largest absolute Gasteiger partial charge is 0.494 e. The molecule has 4 aromatic rings. The third-order valence-electron chi connectivity index (χ3n) is 6.76. The monoisotopic (exact) mass is 780 g/mol. The molecule has 17 heteroatoms. The Morgan fingerprint density at radius 2 is 1.07 bits per heavy atom. The number of hydrogen-bond donors (Lipinski definition) is 2. The standard InChI is InChI=1S/C18H20F3N3O.C12H19NO.C6H3F3N2O.C2H4O2/c1-2-3-4-5-12-25-16-9-7-15(8-10-16)23-24-17-11-6-14(13-22-17)18(19,20)21;1-2-3-4-5-10-14-12-8-6-11(13)7-9-12;7-6(8,9)4-1-2-5(11-12)10-3-4;1-2(3)4/h6-11,13H,2-5,12H2,1H3;6-9H,2-5,10,13H2,1H3;1-3H;1H3,(H,3,4). The molecule has 300 valence electrons. The van der Waals surface area contributed by atoms with Gasteiger partial charge in [0.25, 0.3) is 5.97 Å². The van der Waals surface area contributed by atoms with Crippen LogP contribution in [0.1, 0.15) is 83.3 Å². The number of rotatable bonds is 15. The van der Waals surface area contributed by atoms with Crippen LogP contribution in [0.3, 0.4) is 0 Å². The molecule has 11 nitrogen and oxygen atoms in total. The summed E-state index contributed by atoms with van der Waals surface area (Å²) in [7, 11) is 0. The maximum atomic E-state index is 12.5. The molecule has 0 radical (unpaired) electrons. The molecule has 0 bridgehead atoms. The van der Waals surface area contributed by atoms with E-state index in [0.29, 0.717) is 18.5 Å². The summed E-state index contributed by atoms with van der Waals surface area (Å²) in [5, 5.41) is 17.6. The van der Waals surface area contributed by atoms with Crippen molar-refractivity contribution in [1.29, 1.82) is 0 Å². The number of nitrogens with zero attached hydrogens (tertiary/aromatic N) is 5. The minimum Gasteiger partial charge on any atom is -0.494 e. The third-order valence-corrected chi connectivity index (χ3v) is 6.76. The van der Waals surface area contributed by atoms with Gasteiger partial charge in [-0.2, -0.15) is 26.3 Å². The van der Waals surface area contributed by atoms with Crippen molar-refractivity contribution in [1.82, 2.24) is 9.97 Å². The number of carboxylic acids is 1. The summed E-state index contributed by atoms with van der Waals surface area (Å²) in [5.74, 6) is 0.686. The van der Waals surface area contributed by atoms with Gasteiger partial charge in [-0.25, -0.2) is 9.97 Å². The van der Waals surface area contributed by atoms with Crippen LogP contribution in [0.5, 0.6) is 11.5 Å². The number of ether oxygens (including phenoxy) is 2. The molecule has 2 aromatic heterocycles. The fourth-order valence-electron chi connectivity index (χ4n) is 3.94. The molecule has 4 rings (SSSR count). The van der Waals surface area contributed by atoms with Crippen LogP contribution in [-0.2, 0) is 17.1 Å². The van der Waals surface area contributed by atoms with Crippen LogP contribution >= 0.6 is 0 Å². The van der Waals surface area contributed by atoms with Gasteiger partial charge in [-0.1, -0.05) is 52.4 Å². The lowest BCUT2D eigenvalue weighted by Gasteiger charge is -2.05. The normalized spacial score (nSPS) is 10.9. The summed E-state index contributed by atoms with van der Waals surface area (Å²) >= 11 is 0. The number of azo groups is 1. The minimum atomic E-state index is -4.42. The molecule has 2 aromatic carbocycles. The summed E-state index contributed by atoms with van der Waals surface area (Å²) in [4.78, 5) is 25.6. The number of halogens is 6. The van der Waals surface area contributed by atoms with Crippen molar-refractivity contribution in [3.63, 3.8) is 0 Å². The van der Waals surface area contributed by atoms with Crippen molar-refractivity contribution in [3.8, 4) is 11.5 Å². The fourth-order valence-corrected chi connectivity index (χ4v) is 3.94. The molecule has 0 aliphatic carbocycles. The number of nitroso groups, excluding NO2 is 1. The Kier molecular flexibility index (Phi) is 22.6. The van der Waals surface area contributed by atoms with E-state index in [1.807, 2.05) is 24.3 Å². The number of pyridine rings is 2. The van der Waals surface area contributed by atoms with E-state index in [-0.39, 0.29) is 11.6 Å². The first-order valence-electron chi connectivity index (χ1n) is 17.3. The molecule has 55 heavy (non-hydrogen) atoms. The van der Waals surface area contributed by atoms with Crippen LogP contribution in [0.15, 0.2) is 101 Å². The van der Waals surface area contributed by atoms with E-state index in [1.165, 1.54) is 38.2 Å². The molecule has 0 saturated carbocycles. The van der Waals surface area contributed by atoms with Crippen molar-refractivity contribution in [2.45, 2.75) is 84.5 Å².